The SMILES string of the molecule is CC1(C)OB(c2ccc3cc(-c4nc(-c5ccccc5)nc(-c5ccc6cc(C#N)ccc6c5)n4)ccc3c2)OC1(C)C. The molecule has 0 amide bonds. The highest BCUT2D eigenvalue weighted by molar-refractivity contribution is 6.62. The molecule has 6 aromatic rings. The maximum Gasteiger partial charge on any atom is 0.494 e. The van der Waals surface area contributed by atoms with E-state index in [4.69, 9.17) is 24.3 Å². The molecule has 1 fully saturated rings. The van der Waals surface area contributed by atoms with E-state index >= 15 is 0 Å². The highest BCUT2D eigenvalue weighted by Crippen LogP contribution is 2.37. The summed E-state index contributed by atoms with van der Waals surface area (Å²) in [5, 5.41) is 13.5. The third-order valence-electron chi connectivity index (χ3n) is 8.54. The quantitative estimate of drug-likeness (QED) is 0.210. The number of aromatic nitrogens is 3. The average Bonchev–Trinajstić information content (AvgIpc) is 3.26. The van der Waals surface area contributed by atoms with Gasteiger partial charge in [0.1, 0.15) is 0 Å². The summed E-state index contributed by atoms with van der Waals surface area (Å²) in [7, 11) is -0.415. The molecule has 7 rings (SSSR count). The molecule has 1 aromatic heterocycles. The molecular weight excluding hydrogens is 531 g/mol. The lowest BCUT2D eigenvalue weighted by molar-refractivity contribution is 0.00578. The van der Waals surface area contributed by atoms with Gasteiger partial charge < -0.3 is 9.31 Å². The third kappa shape index (κ3) is 4.95. The van der Waals surface area contributed by atoms with Crippen LogP contribution in [-0.2, 0) is 9.31 Å². The Labute approximate surface area is 251 Å². The maximum absolute atomic E-state index is 9.29. The van der Waals surface area contributed by atoms with E-state index in [1.54, 1.807) is 0 Å². The Kier molecular flexibility index (Phi) is 6.35. The van der Waals surface area contributed by atoms with E-state index in [0.29, 0.717) is 23.0 Å². The Hall–Kier alpha value is -4.90. The van der Waals surface area contributed by atoms with Crippen LogP contribution in [0.25, 0.3) is 55.7 Å². The van der Waals surface area contributed by atoms with E-state index in [1.165, 1.54) is 0 Å². The molecule has 5 aromatic carbocycles. The van der Waals surface area contributed by atoms with E-state index in [2.05, 4.69) is 70.2 Å². The van der Waals surface area contributed by atoms with Crippen molar-refractivity contribution in [3.05, 3.63) is 109 Å². The number of benzene rings is 5. The van der Waals surface area contributed by atoms with Crippen molar-refractivity contribution < 1.29 is 9.31 Å². The summed E-state index contributed by atoms with van der Waals surface area (Å²) in [5.74, 6) is 1.80. The van der Waals surface area contributed by atoms with Crippen LogP contribution in [-0.4, -0.2) is 33.3 Å². The van der Waals surface area contributed by atoms with Gasteiger partial charge in [0.25, 0.3) is 0 Å². The van der Waals surface area contributed by atoms with E-state index in [1.807, 2.05) is 66.7 Å². The van der Waals surface area contributed by atoms with Crippen LogP contribution >= 0.6 is 0 Å². The first-order chi connectivity index (χ1) is 20.7. The van der Waals surface area contributed by atoms with Crippen molar-refractivity contribution in [1.29, 1.82) is 5.26 Å². The lowest BCUT2D eigenvalue weighted by Crippen LogP contribution is -2.41. The van der Waals surface area contributed by atoms with E-state index in [9.17, 15) is 5.26 Å². The van der Waals surface area contributed by atoms with Crippen molar-refractivity contribution in [2.45, 2.75) is 38.9 Å². The van der Waals surface area contributed by atoms with Gasteiger partial charge in [-0.25, -0.2) is 15.0 Å². The van der Waals surface area contributed by atoms with Crippen molar-refractivity contribution in [2.24, 2.45) is 0 Å². The first kappa shape index (κ1) is 27.0. The number of rotatable bonds is 4. The van der Waals surface area contributed by atoms with Crippen molar-refractivity contribution >= 4 is 34.1 Å². The summed E-state index contributed by atoms with van der Waals surface area (Å²) >= 11 is 0. The van der Waals surface area contributed by atoms with Gasteiger partial charge in [0.2, 0.25) is 0 Å². The predicted octanol–water partition coefficient (Wildman–Crippen LogP) is 7.35. The summed E-state index contributed by atoms with van der Waals surface area (Å²) < 4.78 is 12.6. The minimum Gasteiger partial charge on any atom is -0.399 e. The van der Waals surface area contributed by atoms with Crippen LogP contribution in [0.4, 0.5) is 0 Å². The molecule has 43 heavy (non-hydrogen) atoms. The number of nitriles is 1. The van der Waals surface area contributed by atoms with Crippen LogP contribution < -0.4 is 5.46 Å². The molecule has 0 unspecified atom stereocenters. The van der Waals surface area contributed by atoms with Gasteiger partial charge in [-0.3, -0.25) is 0 Å². The lowest BCUT2D eigenvalue weighted by atomic mass is 9.78. The molecule has 0 radical (unpaired) electrons. The zero-order valence-electron chi connectivity index (χ0n) is 24.5. The molecule has 0 bridgehead atoms. The largest absolute Gasteiger partial charge is 0.494 e. The van der Waals surface area contributed by atoms with Gasteiger partial charge in [0.05, 0.1) is 22.8 Å². The van der Waals surface area contributed by atoms with Gasteiger partial charge in [-0.15, -0.1) is 0 Å². The second kappa shape index (κ2) is 10.1. The van der Waals surface area contributed by atoms with Gasteiger partial charge >= 0.3 is 7.12 Å². The summed E-state index contributed by atoms with van der Waals surface area (Å²) in [6.45, 7) is 8.26. The van der Waals surface area contributed by atoms with Gasteiger partial charge in [-0.2, -0.15) is 5.26 Å². The van der Waals surface area contributed by atoms with Crippen molar-refractivity contribution in [3.8, 4) is 40.2 Å². The molecule has 1 aliphatic rings. The van der Waals surface area contributed by atoms with E-state index in [-0.39, 0.29) is 0 Å². The van der Waals surface area contributed by atoms with Gasteiger partial charge in [0, 0.05) is 16.7 Å². The van der Waals surface area contributed by atoms with Crippen LogP contribution in [0.2, 0.25) is 0 Å². The second-order valence-electron chi connectivity index (χ2n) is 12.0. The van der Waals surface area contributed by atoms with Crippen LogP contribution in [0.3, 0.4) is 0 Å². The summed E-state index contributed by atoms with van der Waals surface area (Å²) in [5.41, 5.74) is 3.53. The topological polar surface area (TPSA) is 80.9 Å². The normalized spacial score (nSPS) is 15.6. The van der Waals surface area contributed by atoms with Gasteiger partial charge in [-0.1, -0.05) is 78.9 Å². The third-order valence-corrected chi connectivity index (χ3v) is 8.54. The summed E-state index contributed by atoms with van der Waals surface area (Å²) in [4.78, 5) is 14.7. The average molecular weight is 560 g/mol. The van der Waals surface area contributed by atoms with Crippen molar-refractivity contribution in [3.63, 3.8) is 0 Å². The number of nitrogens with zero attached hydrogens (tertiary/aromatic N) is 4. The molecule has 0 aliphatic carbocycles. The summed E-state index contributed by atoms with van der Waals surface area (Å²) in [6.07, 6.45) is 0. The van der Waals surface area contributed by atoms with Gasteiger partial charge in [0.15, 0.2) is 17.5 Å². The fourth-order valence-electron chi connectivity index (χ4n) is 5.33. The van der Waals surface area contributed by atoms with E-state index < -0.39 is 18.3 Å². The summed E-state index contributed by atoms with van der Waals surface area (Å²) in [6, 6.07) is 36.4. The molecule has 0 atom stereocenters. The molecule has 7 heteroatoms. The molecule has 0 spiro atoms. The predicted molar refractivity (Wildman–Crippen MR) is 172 cm³/mol. The number of hydrogen-bond acceptors (Lipinski definition) is 6. The minimum absolute atomic E-state index is 0.395. The Morgan fingerprint density at radius 1 is 0.558 bits per heavy atom. The minimum atomic E-state index is -0.415. The Morgan fingerprint density at radius 3 is 1.63 bits per heavy atom. The van der Waals surface area contributed by atoms with Crippen molar-refractivity contribution in [1.82, 2.24) is 15.0 Å². The molecule has 1 aliphatic heterocycles. The standard InChI is InChI=1S/C36H29BN4O2/c1-35(2)36(3,4)43-37(42-35)31-17-16-27-20-30(15-13-28(27)21-31)34-40-32(24-8-6-5-7-9-24)39-33(41-34)29-14-12-25-18-23(22-38)10-11-26(25)19-29/h5-21H,1-4H3. The second-order valence-corrected chi connectivity index (χ2v) is 12.0. The maximum atomic E-state index is 9.29. The van der Waals surface area contributed by atoms with Gasteiger partial charge in [-0.05, 0) is 79.0 Å². The zero-order valence-corrected chi connectivity index (χ0v) is 24.5. The molecule has 1 saturated heterocycles. The van der Waals surface area contributed by atoms with E-state index in [0.717, 1.165) is 43.7 Å². The first-order valence-electron chi connectivity index (χ1n) is 14.3. The molecule has 0 saturated carbocycles. The molecule has 6 nitrogen and oxygen atoms in total. The van der Waals surface area contributed by atoms with Crippen LogP contribution in [0.5, 0.6) is 0 Å². The van der Waals surface area contributed by atoms with Crippen LogP contribution in [0.1, 0.15) is 33.3 Å². The van der Waals surface area contributed by atoms with Crippen molar-refractivity contribution in [2.75, 3.05) is 0 Å². The molecule has 2 heterocycles. The Morgan fingerprint density at radius 2 is 1.05 bits per heavy atom. The highest BCUT2D eigenvalue weighted by atomic mass is 16.7. The Balaban J connectivity index is 1.30. The highest BCUT2D eigenvalue weighted by Gasteiger charge is 2.51. The number of fused-ring (bicyclic) bond motifs is 2. The molecule has 0 N–H and O–H groups in total. The van der Waals surface area contributed by atoms with Crippen LogP contribution in [0.15, 0.2) is 103 Å². The number of hydrogen-bond donors (Lipinski definition) is 0. The Bertz CT molecular complexity index is 2050. The lowest BCUT2D eigenvalue weighted by Gasteiger charge is -2.32. The fraction of sp³-hybridized carbons (Fsp3) is 0.167. The molecule has 208 valence electrons. The zero-order chi connectivity index (χ0) is 29.8. The van der Waals surface area contributed by atoms with Crippen LogP contribution in [0, 0.1) is 11.3 Å². The fourth-order valence-corrected chi connectivity index (χ4v) is 5.33. The smallest absolute Gasteiger partial charge is 0.399 e. The molecular formula is C36H29BN4O2. The monoisotopic (exact) mass is 560 g/mol. The first-order valence-corrected chi connectivity index (χ1v) is 14.3.